The number of nitrogens with two attached hydrogens (primary N) is 1. The minimum absolute atomic E-state index is 0.586. The number of aryl methyl sites for hydroxylation is 1. The summed E-state index contributed by atoms with van der Waals surface area (Å²) in [5, 5.41) is 11.3. The Labute approximate surface area is 124 Å². The van der Waals surface area contributed by atoms with E-state index in [2.05, 4.69) is 0 Å². The maximum Gasteiger partial charge on any atom is 0.129 e. The maximum absolute atomic E-state index is 11.3. The Hall–Kier alpha value is -2.20. The summed E-state index contributed by atoms with van der Waals surface area (Å²) >= 11 is 0. The average Bonchev–Trinajstić information content (AvgIpc) is 2.83. The molecule has 0 saturated carbocycles. The highest BCUT2D eigenvalue weighted by molar-refractivity contribution is 5.58. The molecule has 1 aliphatic carbocycles. The zero-order valence-electron chi connectivity index (χ0n) is 12.2. The molecule has 1 unspecified atom stereocenters. The van der Waals surface area contributed by atoms with Gasteiger partial charge >= 0.3 is 0 Å². The molecule has 0 aliphatic heterocycles. The van der Waals surface area contributed by atoms with Crippen LogP contribution in [-0.4, -0.2) is 19.3 Å². The quantitative estimate of drug-likeness (QED) is 0.850. The second kappa shape index (κ2) is 4.97. The van der Waals surface area contributed by atoms with Crippen molar-refractivity contribution in [2.24, 2.45) is 0 Å². The van der Waals surface area contributed by atoms with E-state index < -0.39 is 5.60 Å². The van der Waals surface area contributed by atoms with E-state index >= 15 is 0 Å². The number of methoxy groups -OCH3 is 2. The summed E-state index contributed by atoms with van der Waals surface area (Å²) in [6.07, 6.45) is 1.36. The molecule has 0 heterocycles. The second-order valence-corrected chi connectivity index (χ2v) is 5.31. The predicted molar refractivity (Wildman–Crippen MR) is 81.7 cm³/mol. The normalized spacial score (nSPS) is 20.1. The van der Waals surface area contributed by atoms with Gasteiger partial charge in [-0.15, -0.1) is 0 Å². The van der Waals surface area contributed by atoms with E-state index in [-0.39, 0.29) is 0 Å². The van der Waals surface area contributed by atoms with Gasteiger partial charge in [-0.1, -0.05) is 12.1 Å². The molecule has 1 atom stereocenters. The van der Waals surface area contributed by atoms with E-state index in [1.807, 2.05) is 36.4 Å². The van der Waals surface area contributed by atoms with Gasteiger partial charge in [-0.05, 0) is 48.2 Å². The molecule has 3 N–H and O–H groups in total. The first kappa shape index (κ1) is 13.8. The number of anilines is 1. The molecular weight excluding hydrogens is 266 g/mol. The summed E-state index contributed by atoms with van der Waals surface area (Å²) in [6.45, 7) is 0. The molecule has 0 spiro atoms. The Kier molecular flexibility index (Phi) is 3.26. The largest absolute Gasteiger partial charge is 0.496 e. The standard InChI is InChI=1S/C17H19NO3/c1-20-14-4-3-5-15(21-2)16(14)17(19)9-8-11-10-12(18)6-7-13(11)17/h3-7,10,19H,8-9,18H2,1-2H3. The molecule has 4 nitrogen and oxygen atoms in total. The molecule has 0 saturated heterocycles. The molecule has 110 valence electrons. The lowest BCUT2D eigenvalue weighted by Crippen LogP contribution is -2.25. The van der Waals surface area contributed by atoms with Gasteiger partial charge in [0, 0.05) is 5.69 Å². The number of ether oxygens (including phenoxy) is 2. The molecule has 1 aliphatic rings. The number of hydrogen-bond acceptors (Lipinski definition) is 4. The highest BCUT2D eigenvalue weighted by Crippen LogP contribution is 2.49. The van der Waals surface area contributed by atoms with Crippen molar-refractivity contribution in [1.29, 1.82) is 0 Å². The Morgan fingerprint density at radius 1 is 1.10 bits per heavy atom. The third kappa shape index (κ3) is 2.03. The first-order chi connectivity index (χ1) is 10.1. The Bertz CT molecular complexity index is 661. The lowest BCUT2D eigenvalue weighted by Gasteiger charge is -2.28. The molecule has 0 bridgehead atoms. The smallest absolute Gasteiger partial charge is 0.129 e. The number of fused-ring (bicyclic) bond motifs is 1. The van der Waals surface area contributed by atoms with Gasteiger partial charge in [0.2, 0.25) is 0 Å². The minimum Gasteiger partial charge on any atom is -0.496 e. The third-order valence-corrected chi connectivity index (χ3v) is 4.17. The SMILES string of the molecule is COc1cccc(OC)c1C1(O)CCc2cc(N)ccc21. The van der Waals surface area contributed by atoms with Gasteiger partial charge in [-0.3, -0.25) is 0 Å². The zero-order valence-corrected chi connectivity index (χ0v) is 12.2. The van der Waals surface area contributed by atoms with Crippen molar-refractivity contribution in [3.8, 4) is 11.5 Å². The van der Waals surface area contributed by atoms with Gasteiger partial charge in [0.05, 0.1) is 19.8 Å². The molecule has 0 aromatic heterocycles. The van der Waals surface area contributed by atoms with Crippen LogP contribution in [0.1, 0.15) is 23.1 Å². The van der Waals surface area contributed by atoms with Crippen LogP contribution in [0.3, 0.4) is 0 Å². The van der Waals surface area contributed by atoms with E-state index in [0.29, 0.717) is 29.2 Å². The summed E-state index contributed by atoms with van der Waals surface area (Å²) in [5.41, 5.74) is 8.07. The summed E-state index contributed by atoms with van der Waals surface area (Å²) in [6, 6.07) is 11.2. The molecular formula is C17H19NO3. The van der Waals surface area contributed by atoms with Gasteiger partial charge in [-0.2, -0.15) is 0 Å². The van der Waals surface area contributed by atoms with Crippen LogP contribution in [0.4, 0.5) is 5.69 Å². The minimum atomic E-state index is -1.11. The van der Waals surface area contributed by atoms with Crippen molar-refractivity contribution in [2.75, 3.05) is 20.0 Å². The van der Waals surface area contributed by atoms with Crippen LogP contribution >= 0.6 is 0 Å². The topological polar surface area (TPSA) is 64.7 Å². The number of rotatable bonds is 3. The lowest BCUT2D eigenvalue weighted by atomic mass is 9.86. The summed E-state index contributed by atoms with van der Waals surface area (Å²) in [4.78, 5) is 0. The number of aliphatic hydroxyl groups is 1. The van der Waals surface area contributed by atoms with Gasteiger partial charge in [0.1, 0.15) is 17.1 Å². The first-order valence-electron chi connectivity index (χ1n) is 6.93. The Morgan fingerprint density at radius 2 is 1.76 bits per heavy atom. The first-order valence-corrected chi connectivity index (χ1v) is 6.93. The number of nitrogen functional groups attached to an aromatic ring is 1. The monoisotopic (exact) mass is 285 g/mol. The van der Waals surface area contributed by atoms with Crippen LogP contribution in [0.2, 0.25) is 0 Å². The number of hydrogen-bond donors (Lipinski definition) is 2. The van der Waals surface area contributed by atoms with Gasteiger partial charge in [-0.25, -0.2) is 0 Å². The predicted octanol–water partition coefficient (Wildman–Crippen LogP) is 2.47. The fourth-order valence-corrected chi connectivity index (χ4v) is 3.19. The van der Waals surface area contributed by atoms with Crippen LogP contribution < -0.4 is 15.2 Å². The van der Waals surface area contributed by atoms with Crippen molar-refractivity contribution in [3.63, 3.8) is 0 Å². The van der Waals surface area contributed by atoms with E-state index in [4.69, 9.17) is 15.2 Å². The molecule has 2 aromatic carbocycles. The van der Waals surface area contributed by atoms with E-state index in [1.54, 1.807) is 14.2 Å². The second-order valence-electron chi connectivity index (χ2n) is 5.31. The Balaban J connectivity index is 2.22. The molecule has 0 fully saturated rings. The van der Waals surface area contributed by atoms with Gasteiger partial charge < -0.3 is 20.3 Å². The summed E-state index contributed by atoms with van der Waals surface area (Å²) in [5.74, 6) is 1.25. The van der Waals surface area contributed by atoms with Crippen molar-refractivity contribution in [1.82, 2.24) is 0 Å². The fraction of sp³-hybridized carbons (Fsp3) is 0.294. The zero-order chi connectivity index (χ0) is 15.0. The maximum atomic E-state index is 11.3. The average molecular weight is 285 g/mol. The van der Waals surface area contributed by atoms with E-state index in [0.717, 1.165) is 17.5 Å². The van der Waals surface area contributed by atoms with E-state index in [9.17, 15) is 5.11 Å². The van der Waals surface area contributed by atoms with Crippen LogP contribution in [-0.2, 0) is 12.0 Å². The third-order valence-electron chi connectivity index (χ3n) is 4.17. The van der Waals surface area contributed by atoms with Crippen molar-refractivity contribution in [3.05, 3.63) is 53.1 Å². The van der Waals surface area contributed by atoms with Gasteiger partial charge in [0.15, 0.2) is 0 Å². The van der Waals surface area contributed by atoms with Gasteiger partial charge in [0.25, 0.3) is 0 Å². The lowest BCUT2D eigenvalue weighted by molar-refractivity contribution is 0.0769. The van der Waals surface area contributed by atoms with Crippen LogP contribution in [0.25, 0.3) is 0 Å². The molecule has 2 aromatic rings. The van der Waals surface area contributed by atoms with Crippen molar-refractivity contribution in [2.45, 2.75) is 18.4 Å². The number of benzene rings is 2. The molecule has 4 heteroatoms. The Morgan fingerprint density at radius 3 is 2.38 bits per heavy atom. The summed E-state index contributed by atoms with van der Waals surface area (Å²) in [7, 11) is 3.20. The molecule has 3 rings (SSSR count). The van der Waals surface area contributed by atoms with Crippen molar-refractivity contribution >= 4 is 5.69 Å². The molecule has 0 amide bonds. The summed E-state index contributed by atoms with van der Waals surface area (Å²) < 4.78 is 10.9. The fourth-order valence-electron chi connectivity index (χ4n) is 3.19. The van der Waals surface area contributed by atoms with E-state index in [1.165, 1.54) is 0 Å². The highest BCUT2D eigenvalue weighted by Gasteiger charge is 2.42. The van der Waals surface area contributed by atoms with Crippen LogP contribution in [0.5, 0.6) is 11.5 Å². The van der Waals surface area contributed by atoms with Crippen molar-refractivity contribution < 1.29 is 14.6 Å². The van der Waals surface area contributed by atoms with Crippen LogP contribution in [0, 0.1) is 0 Å². The highest BCUT2D eigenvalue weighted by atomic mass is 16.5. The van der Waals surface area contributed by atoms with Crippen LogP contribution in [0.15, 0.2) is 36.4 Å². The molecule has 0 radical (unpaired) electrons. The molecule has 21 heavy (non-hydrogen) atoms.